The molecule has 0 spiro atoms. The van der Waals surface area contributed by atoms with Crippen LogP contribution in [0.2, 0.25) is 0 Å². The van der Waals surface area contributed by atoms with Crippen molar-refractivity contribution in [2.75, 3.05) is 6.61 Å². The van der Waals surface area contributed by atoms with Crippen LogP contribution in [0.5, 0.6) is 0 Å². The maximum Gasteiger partial charge on any atom is 0.411 e. The van der Waals surface area contributed by atoms with Crippen molar-refractivity contribution >= 4 is 18.3 Å². The van der Waals surface area contributed by atoms with Gasteiger partial charge in [-0.05, 0) is 77.0 Å². The summed E-state index contributed by atoms with van der Waals surface area (Å²) in [7, 11) is 0. The fourth-order valence-corrected chi connectivity index (χ4v) is 3.99. The van der Waals surface area contributed by atoms with Crippen LogP contribution >= 0.6 is 0 Å². The molecule has 0 bridgehead atoms. The molecule has 8 heteroatoms. The lowest BCUT2D eigenvalue weighted by Crippen LogP contribution is -2.31. The van der Waals surface area contributed by atoms with Crippen LogP contribution in [0.15, 0.2) is 46.5 Å². The van der Waals surface area contributed by atoms with E-state index in [0.717, 1.165) is 30.6 Å². The van der Waals surface area contributed by atoms with Crippen LogP contribution in [-0.4, -0.2) is 36.2 Å². The number of ketones is 1. The topological polar surface area (TPSA) is 128 Å². The summed E-state index contributed by atoms with van der Waals surface area (Å²) < 4.78 is 11.1. The molecule has 0 saturated heterocycles. The molecule has 4 N–H and O–H groups in total. The molecule has 2 saturated carbocycles. The molecule has 8 nitrogen and oxygen atoms in total. The first-order valence-corrected chi connectivity index (χ1v) is 13.5. The molecule has 0 aliphatic heterocycles. The molecule has 0 unspecified atom stereocenters. The van der Waals surface area contributed by atoms with E-state index in [4.69, 9.17) is 25.1 Å². The molecular formula is C29H48N2O6. The maximum absolute atomic E-state index is 12.8. The van der Waals surface area contributed by atoms with E-state index in [9.17, 15) is 9.59 Å². The van der Waals surface area contributed by atoms with Gasteiger partial charge in [0.15, 0.2) is 0 Å². The van der Waals surface area contributed by atoms with Crippen LogP contribution in [0.3, 0.4) is 0 Å². The third-order valence-corrected chi connectivity index (χ3v) is 5.96. The van der Waals surface area contributed by atoms with Crippen LogP contribution in [0.4, 0.5) is 4.79 Å². The van der Waals surface area contributed by atoms with Crippen molar-refractivity contribution < 1.29 is 29.0 Å². The van der Waals surface area contributed by atoms with Crippen LogP contribution < -0.4 is 11.1 Å². The van der Waals surface area contributed by atoms with Gasteiger partial charge in [-0.25, -0.2) is 4.79 Å². The standard InChI is InChI=1S/C23H36N2O4.C5H10.CH2O2/c1-6-11-16(3)20(29-19-12-9-8-10-13-19)15-14-17(4)22(26)21(18(5)24)25-23(27)28-7-2;1-2-4-5-3-1;2-1-3/h11,14-15,19H,6-10,12-13,24H2,1-5H3,(H,25,27);1-5H2;1H,(H,2,3)/b16-11+,17-14+,20-15+,21-18+;;. The number of hydrogen-bond donors (Lipinski definition) is 3. The smallest absolute Gasteiger partial charge is 0.411 e. The number of ether oxygens (including phenoxy) is 2. The molecule has 0 aromatic rings. The number of nitrogens with one attached hydrogen (secondary N) is 1. The van der Waals surface area contributed by atoms with E-state index in [0.29, 0.717) is 5.57 Å². The van der Waals surface area contributed by atoms with Gasteiger partial charge in [-0.3, -0.25) is 14.9 Å². The zero-order chi connectivity index (χ0) is 28.1. The second-order valence-corrected chi connectivity index (χ2v) is 9.16. The summed E-state index contributed by atoms with van der Waals surface area (Å²) in [6.45, 7) is 8.99. The maximum atomic E-state index is 12.8. The normalized spacial score (nSPS) is 17.3. The number of Topliss-reactive ketones (excluding diaryl/α,β-unsaturated/α-hetero) is 1. The molecule has 0 atom stereocenters. The quantitative estimate of drug-likeness (QED) is 0.134. The Morgan fingerprint density at radius 1 is 0.919 bits per heavy atom. The monoisotopic (exact) mass is 520 g/mol. The van der Waals surface area contributed by atoms with Crippen molar-refractivity contribution in [2.24, 2.45) is 5.73 Å². The van der Waals surface area contributed by atoms with Gasteiger partial charge < -0.3 is 20.3 Å². The molecule has 2 rings (SSSR count). The second kappa shape index (κ2) is 21.1. The van der Waals surface area contributed by atoms with E-state index in [1.807, 2.05) is 13.0 Å². The van der Waals surface area contributed by atoms with E-state index in [1.165, 1.54) is 51.4 Å². The minimum absolute atomic E-state index is 0.0289. The van der Waals surface area contributed by atoms with Gasteiger partial charge in [0.2, 0.25) is 5.78 Å². The Hall–Kier alpha value is -3.03. The Kier molecular flexibility index (Phi) is 19.4. The Morgan fingerprint density at radius 3 is 1.89 bits per heavy atom. The van der Waals surface area contributed by atoms with E-state index in [-0.39, 0.29) is 36.4 Å². The fourth-order valence-electron chi connectivity index (χ4n) is 3.99. The summed E-state index contributed by atoms with van der Waals surface area (Å²) >= 11 is 0. The minimum Gasteiger partial charge on any atom is -0.490 e. The predicted octanol–water partition coefficient (Wildman–Crippen LogP) is 6.68. The third-order valence-electron chi connectivity index (χ3n) is 5.96. The minimum atomic E-state index is -0.702. The molecule has 2 aliphatic carbocycles. The Morgan fingerprint density at radius 2 is 1.43 bits per heavy atom. The van der Waals surface area contributed by atoms with Gasteiger partial charge in [-0.2, -0.15) is 0 Å². The fraction of sp³-hybridized carbons (Fsp3) is 0.621. The van der Waals surface area contributed by atoms with E-state index >= 15 is 0 Å². The van der Waals surface area contributed by atoms with E-state index in [1.54, 1.807) is 26.8 Å². The molecule has 0 radical (unpaired) electrons. The largest absolute Gasteiger partial charge is 0.490 e. The number of hydrogen-bond acceptors (Lipinski definition) is 6. The van der Waals surface area contributed by atoms with Crippen LogP contribution in [0.25, 0.3) is 0 Å². The van der Waals surface area contributed by atoms with Crippen LogP contribution in [0.1, 0.15) is 105 Å². The molecule has 0 aromatic heterocycles. The highest BCUT2D eigenvalue weighted by Gasteiger charge is 2.18. The highest BCUT2D eigenvalue weighted by atomic mass is 16.5. The van der Waals surface area contributed by atoms with Gasteiger partial charge in [-0.1, -0.05) is 57.6 Å². The summed E-state index contributed by atoms with van der Waals surface area (Å²) in [6.07, 6.45) is 19.3. The van der Waals surface area contributed by atoms with E-state index in [2.05, 4.69) is 18.3 Å². The third kappa shape index (κ3) is 15.6. The van der Waals surface area contributed by atoms with E-state index < -0.39 is 6.09 Å². The molecular weight excluding hydrogens is 472 g/mol. The van der Waals surface area contributed by atoms with Gasteiger partial charge in [0, 0.05) is 5.70 Å². The lowest BCUT2D eigenvalue weighted by Gasteiger charge is -2.25. The zero-order valence-electron chi connectivity index (χ0n) is 23.4. The van der Waals surface area contributed by atoms with Crippen molar-refractivity contribution in [2.45, 2.75) is 111 Å². The number of amides is 1. The molecule has 1 amide bonds. The number of carboxylic acid groups (broad SMARTS) is 1. The second-order valence-electron chi connectivity index (χ2n) is 9.16. The summed E-state index contributed by atoms with van der Waals surface area (Å²) in [5.74, 6) is 0.419. The number of carbonyl (C=O) groups is 3. The Bertz CT molecular complexity index is 805. The van der Waals surface area contributed by atoms with Gasteiger partial charge in [0.1, 0.15) is 11.5 Å². The number of carbonyl (C=O) groups excluding carboxylic acids is 2. The van der Waals surface area contributed by atoms with Crippen molar-refractivity contribution in [3.63, 3.8) is 0 Å². The van der Waals surface area contributed by atoms with Gasteiger partial charge in [0.05, 0.1) is 12.7 Å². The predicted molar refractivity (Wildman–Crippen MR) is 148 cm³/mol. The van der Waals surface area contributed by atoms with Gasteiger partial charge >= 0.3 is 6.09 Å². The summed E-state index contributed by atoms with van der Waals surface area (Å²) in [4.78, 5) is 32.8. The molecule has 2 fully saturated rings. The molecule has 210 valence electrons. The van der Waals surface area contributed by atoms with Gasteiger partial charge in [-0.15, -0.1) is 0 Å². The van der Waals surface area contributed by atoms with Crippen molar-refractivity contribution in [3.05, 3.63) is 46.5 Å². The van der Waals surface area contributed by atoms with Crippen molar-refractivity contribution in [1.29, 1.82) is 0 Å². The zero-order valence-corrected chi connectivity index (χ0v) is 23.4. The Balaban J connectivity index is 0.00000138. The highest BCUT2D eigenvalue weighted by Crippen LogP contribution is 2.25. The number of nitrogens with two attached hydrogens (primary N) is 1. The lowest BCUT2D eigenvalue weighted by atomic mass is 9.97. The van der Waals surface area contributed by atoms with Crippen LogP contribution in [-0.2, 0) is 19.1 Å². The molecule has 37 heavy (non-hydrogen) atoms. The molecule has 0 aromatic carbocycles. The lowest BCUT2D eigenvalue weighted by molar-refractivity contribution is -0.122. The first-order chi connectivity index (χ1) is 17.7. The first kappa shape index (κ1) is 34.0. The summed E-state index contributed by atoms with van der Waals surface area (Å²) in [6, 6.07) is 0. The average Bonchev–Trinajstić information content (AvgIpc) is 3.46. The number of rotatable bonds is 9. The summed E-state index contributed by atoms with van der Waals surface area (Å²) in [5.41, 5.74) is 7.54. The first-order valence-electron chi connectivity index (χ1n) is 13.5. The van der Waals surface area contributed by atoms with Gasteiger partial charge in [0.25, 0.3) is 6.47 Å². The molecule has 0 heterocycles. The average molecular weight is 521 g/mol. The van der Waals surface area contributed by atoms with Crippen molar-refractivity contribution in [3.8, 4) is 0 Å². The SMILES string of the molecule is C1CCCC1.CC/C=C(C)/C(=C\C=C(/C)C(=O)/C(NC(=O)OCC)=C(/C)N)OC1CCCCC1.O=CO. The number of alkyl carbamates (subject to hydrolysis) is 1. The Labute approximate surface area is 223 Å². The van der Waals surface area contributed by atoms with Crippen LogP contribution in [0, 0.1) is 0 Å². The molecule has 2 aliphatic rings. The highest BCUT2D eigenvalue weighted by molar-refractivity contribution is 6.09. The number of allylic oxidation sites excluding steroid dienone is 6. The van der Waals surface area contributed by atoms with Crippen molar-refractivity contribution in [1.82, 2.24) is 5.32 Å². The summed E-state index contributed by atoms with van der Waals surface area (Å²) in [5, 5.41) is 9.32.